The average Bonchev–Trinajstić information content (AvgIpc) is 2.70. The fourth-order valence-corrected chi connectivity index (χ4v) is 3.31. The van der Waals surface area contributed by atoms with Gasteiger partial charge in [0.1, 0.15) is 11.5 Å². The van der Waals surface area contributed by atoms with Crippen molar-refractivity contribution in [3.8, 4) is 11.5 Å². The second kappa shape index (κ2) is 10.7. The number of nitrogens with two attached hydrogens (primary N) is 1. The van der Waals surface area contributed by atoms with Crippen molar-refractivity contribution in [1.82, 2.24) is 9.80 Å². The van der Waals surface area contributed by atoms with Crippen molar-refractivity contribution in [1.29, 1.82) is 0 Å². The number of hydrogen-bond acceptors (Lipinski definition) is 5. The molecule has 2 aromatic rings. The number of para-hydroxylation sites is 2. The molecule has 0 saturated carbocycles. The molecule has 6 heteroatoms. The van der Waals surface area contributed by atoms with Crippen molar-refractivity contribution >= 4 is 5.91 Å². The molecule has 6 nitrogen and oxygen atoms in total. The van der Waals surface area contributed by atoms with Crippen molar-refractivity contribution in [3.05, 3.63) is 59.7 Å². The van der Waals surface area contributed by atoms with Crippen LogP contribution >= 0.6 is 0 Å². The zero-order valence-corrected chi connectivity index (χ0v) is 16.7. The number of phenols is 2. The second-order valence-electron chi connectivity index (χ2n) is 6.82. The first-order valence-electron chi connectivity index (χ1n) is 9.75. The van der Waals surface area contributed by atoms with E-state index in [1.807, 2.05) is 43.0 Å². The lowest BCUT2D eigenvalue weighted by Crippen LogP contribution is -2.44. The standard InChI is InChI=1S/C22H31N3O3/c1-3-24(4-2)22(28)13-19(14-23)25(15-17-9-5-7-11-20(17)26)16-18-10-6-8-12-21(18)27/h5-12,19,26-27H,3-4,13-16,23H2,1-2H3. The van der Waals surface area contributed by atoms with E-state index in [4.69, 9.17) is 5.73 Å². The third-order valence-corrected chi connectivity index (χ3v) is 5.04. The molecule has 0 spiro atoms. The molecule has 0 aromatic heterocycles. The number of rotatable bonds is 10. The lowest BCUT2D eigenvalue weighted by molar-refractivity contribution is -0.132. The summed E-state index contributed by atoms with van der Waals surface area (Å²) in [4.78, 5) is 16.5. The molecule has 1 unspecified atom stereocenters. The zero-order chi connectivity index (χ0) is 20.5. The van der Waals surface area contributed by atoms with Crippen LogP contribution in [0, 0.1) is 0 Å². The van der Waals surface area contributed by atoms with Gasteiger partial charge in [-0.15, -0.1) is 0 Å². The quantitative estimate of drug-likeness (QED) is 0.585. The topological polar surface area (TPSA) is 90.0 Å². The van der Waals surface area contributed by atoms with Gasteiger partial charge in [-0.3, -0.25) is 9.69 Å². The van der Waals surface area contributed by atoms with Crippen LogP contribution in [-0.4, -0.2) is 51.6 Å². The molecule has 2 rings (SSSR count). The summed E-state index contributed by atoms with van der Waals surface area (Å²) in [6.45, 7) is 6.38. The van der Waals surface area contributed by atoms with Crippen LogP contribution in [0.15, 0.2) is 48.5 Å². The molecule has 0 aliphatic heterocycles. The Kier molecular flexibility index (Phi) is 8.29. The molecule has 0 radical (unpaired) electrons. The summed E-state index contributed by atoms with van der Waals surface area (Å²) >= 11 is 0. The van der Waals surface area contributed by atoms with Crippen LogP contribution in [0.4, 0.5) is 0 Å². The molecule has 0 aliphatic carbocycles. The summed E-state index contributed by atoms with van der Waals surface area (Å²) < 4.78 is 0. The number of benzene rings is 2. The molecule has 0 fully saturated rings. The Bertz CT molecular complexity index is 715. The summed E-state index contributed by atoms with van der Waals surface area (Å²) in [7, 11) is 0. The maximum Gasteiger partial charge on any atom is 0.224 e. The Morgan fingerprint density at radius 3 is 1.79 bits per heavy atom. The maximum absolute atomic E-state index is 12.7. The predicted molar refractivity (Wildman–Crippen MR) is 111 cm³/mol. The first kappa shape index (κ1) is 21.7. The van der Waals surface area contributed by atoms with Gasteiger partial charge in [0.05, 0.1) is 0 Å². The number of aromatic hydroxyl groups is 2. The van der Waals surface area contributed by atoms with Crippen molar-refractivity contribution in [2.45, 2.75) is 39.4 Å². The minimum Gasteiger partial charge on any atom is -0.508 e. The van der Waals surface area contributed by atoms with E-state index >= 15 is 0 Å². The predicted octanol–water partition coefficient (Wildman–Crippen LogP) is 2.69. The highest BCUT2D eigenvalue weighted by Gasteiger charge is 2.24. The van der Waals surface area contributed by atoms with E-state index in [1.165, 1.54) is 0 Å². The molecule has 0 aliphatic rings. The van der Waals surface area contributed by atoms with Gasteiger partial charge in [0.2, 0.25) is 5.91 Å². The molecule has 0 saturated heterocycles. The molecule has 152 valence electrons. The Morgan fingerprint density at radius 2 is 1.39 bits per heavy atom. The van der Waals surface area contributed by atoms with E-state index in [9.17, 15) is 15.0 Å². The summed E-state index contributed by atoms with van der Waals surface area (Å²) in [6, 6.07) is 14.1. The van der Waals surface area contributed by atoms with Crippen LogP contribution in [-0.2, 0) is 17.9 Å². The molecule has 1 atom stereocenters. The zero-order valence-electron chi connectivity index (χ0n) is 16.7. The summed E-state index contributed by atoms with van der Waals surface area (Å²) in [6.07, 6.45) is 0.291. The van der Waals surface area contributed by atoms with Gasteiger partial charge in [-0.05, 0) is 26.0 Å². The first-order chi connectivity index (χ1) is 13.5. The molecule has 0 bridgehead atoms. The molecule has 4 N–H and O–H groups in total. The third kappa shape index (κ3) is 5.71. The first-order valence-corrected chi connectivity index (χ1v) is 9.75. The Labute approximate surface area is 167 Å². The van der Waals surface area contributed by atoms with E-state index in [1.54, 1.807) is 29.2 Å². The smallest absolute Gasteiger partial charge is 0.224 e. The van der Waals surface area contributed by atoms with Crippen molar-refractivity contribution in [2.75, 3.05) is 19.6 Å². The van der Waals surface area contributed by atoms with E-state index in [0.29, 0.717) is 39.1 Å². The SMILES string of the molecule is CCN(CC)C(=O)CC(CN)N(Cc1ccccc1O)Cc1ccccc1O. The number of amides is 1. The molecular weight excluding hydrogens is 354 g/mol. The average molecular weight is 386 g/mol. The monoisotopic (exact) mass is 385 g/mol. The van der Waals surface area contributed by atoms with Gasteiger partial charge in [-0.2, -0.15) is 0 Å². The number of hydrogen-bond donors (Lipinski definition) is 3. The van der Waals surface area contributed by atoms with Gasteiger partial charge in [-0.1, -0.05) is 36.4 Å². The van der Waals surface area contributed by atoms with Crippen LogP contribution < -0.4 is 5.73 Å². The lowest BCUT2D eigenvalue weighted by Gasteiger charge is -2.32. The minimum absolute atomic E-state index is 0.0556. The fraction of sp³-hybridized carbons (Fsp3) is 0.409. The Balaban J connectivity index is 2.28. The van der Waals surface area contributed by atoms with Gasteiger partial charge in [0.15, 0.2) is 0 Å². The van der Waals surface area contributed by atoms with E-state index < -0.39 is 0 Å². The second-order valence-corrected chi connectivity index (χ2v) is 6.82. The molecule has 1 amide bonds. The highest BCUT2D eigenvalue weighted by atomic mass is 16.3. The van der Waals surface area contributed by atoms with Crippen molar-refractivity contribution in [2.24, 2.45) is 5.73 Å². The van der Waals surface area contributed by atoms with E-state index in [-0.39, 0.29) is 23.4 Å². The fourth-order valence-electron chi connectivity index (χ4n) is 3.31. The minimum atomic E-state index is -0.215. The van der Waals surface area contributed by atoms with Crippen LogP contribution in [0.25, 0.3) is 0 Å². The summed E-state index contributed by atoms with van der Waals surface area (Å²) in [5.74, 6) is 0.464. The molecular formula is C22H31N3O3. The normalized spacial score (nSPS) is 12.1. The number of phenolic OH excluding ortho intramolecular Hbond substituents is 2. The molecule has 0 heterocycles. The van der Waals surface area contributed by atoms with Gasteiger partial charge in [0.25, 0.3) is 0 Å². The lowest BCUT2D eigenvalue weighted by atomic mass is 10.1. The highest BCUT2D eigenvalue weighted by molar-refractivity contribution is 5.76. The van der Waals surface area contributed by atoms with Crippen LogP contribution in [0.1, 0.15) is 31.4 Å². The summed E-state index contributed by atoms with van der Waals surface area (Å²) in [5, 5.41) is 20.4. The van der Waals surface area contributed by atoms with Crippen molar-refractivity contribution in [3.63, 3.8) is 0 Å². The summed E-state index contributed by atoms with van der Waals surface area (Å²) in [5.41, 5.74) is 7.56. The van der Waals surface area contributed by atoms with Gasteiger partial charge in [0, 0.05) is 56.3 Å². The molecule has 28 heavy (non-hydrogen) atoms. The van der Waals surface area contributed by atoms with Crippen molar-refractivity contribution < 1.29 is 15.0 Å². The Morgan fingerprint density at radius 1 is 0.929 bits per heavy atom. The van der Waals surface area contributed by atoms with E-state index in [2.05, 4.69) is 0 Å². The van der Waals surface area contributed by atoms with Crippen LogP contribution in [0.5, 0.6) is 11.5 Å². The van der Waals surface area contributed by atoms with E-state index in [0.717, 1.165) is 11.1 Å². The number of nitrogens with zero attached hydrogens (tertiary/aromatic N) is 2. The largest absolute Gasteiger partial charge is 0.508 e. The number of carbonyl (C=O) groups is 1. The van der Waals surface area contributed by atoms with Gasteiger partial charge in [-0.25, -0.2) is 0 Å². The Hall–Kier alpha value is -2.57. The van der Waals surface area contributed by atoms with Gasteiger partial charge >= 0.3 is 0 Å². The van der Waals surface area contributed by atoms with Crippen LogP contribution in [0.2, 0.25) is 0 Å². The highest BCUT2D eigenvalue weighted by Crippen LogP contribution is 2.24. The number of carbonyl (C=O) groups excluding carboxylic acids is 1. The molecule has 2 aromatic carbocycles. The van der Waals surface area contributed by atoms with Crippen LogP contribution in [0.3, 0.4) is 0 Å². The third-order valence-electron chi connectivity index (χ3n) is 5.04. The maximum atomic E-state index is 12.7. The van der Waals surface area contributed by atoms with Gasteiger partial charge < -0.3 is 20.8 Å².